The highest BCUT2D eigenvalue weighted by molar-refractivity contribution is 5.91. The third-order valence-electron chi connectivity index (χ3n) is 5.13. The summed E-state index contributed by atoms with van der Waals surface area (Å²) in [4.78, 5) is 24.3. The highest BCUT2D eigenvalue weighted by Crippen LogP contribution is 2.31. The number of carbonyl (C=O) groups is 2. The molecule has 0 bridgehead atoms. The largest absolute Gasteiger partial charge is 0.458 e. The first-order valence-corrected chi connectivity index (χ1v) is 9.51. The van der Waals surface area contributed by atoms with Gasteiger partial charge in [-0.05, 0) is 19.3 Å². The van der Waals surface area contributed by atoms with Crippen LogP contribution in [0.15, 0.2) is 0 Å². The summed E-state index contributed by atoms with van der Waals surface area (Å²) in [5, 5.41) is 0. The molecule has 0 aromatic heterocycles. The standard InChI is InChI=1S/C20H14F8N2O4/c21-9-7(10(22)14(26)17(29)13(9)25)19(31)33-5-2-1-3-6(4-5)34-20(32)8-11(23)15(27)18(30)16(28)12(8)24/h5-6H,1-4,29-30H2. The Morgan fingerprint density at radius 1 is 0.588 bits per heavy atom. The van der Waals surface area contributed by atoms with E-state index in [1.165, 1.54) is 0 Å². The fourth-order valence-corrected chi connectivity index (χ4v) is 3.39. The van der Waals surface area contributed by atoms with Gasteiger partial charge in [-0.2, -0.15) is 0 Å². The monoisotopic (exact) mass is 498 g/mol. The first kappa shape index (κ1) is 25.1. The Balaban J connectivity index is 1.75. The molecule has 1 saturated carbocycles. The minimum atomic E-state index is -2.08. The molecule has 2 unspecified atom stereocenters. The second-order valence-corrected chi connectivity index (χ2v) is 7.31. The van der Waals surface area contributed by atoms with E-state index in [9.17, 15) is 44.7 Å². The average molecular weight is 498 g/mol. The Bertz CT molecular complexity index is 1040. The lowest BCUT2D eigenvalue weighted by atomic mass is 9.94. The normalized spacial score (nSPS) is 18.0. The number of carbonyl (C=O) groups excluding carboxylic acids is 2. The van der Waals surface area contributed by atoms with Crippen molar-refractivity contribution in [1.82, 2.24) is 0 Å². The summed E-state index contributed by atoms with van der Waals surface area (Å²) < 4.78 is 120. The van der Waals surface area contributed by atoms with Crippen LogP contribution in [-0.4, -0.2) is 24.1 Å². The molecule has 14 heteroatoms. The first-order valence-electron chi connectivity index (χ1n) is 9.51. The Morgan fingerprint density at radius 2 is 0.882 bits per heavy atom. The Labute approximate surface area is 185 Å². The molecule has 6 nitrogen and oxygen atoms in total. The summed E-state index contributed by atoms with van der Waals surface area (Å²) in [6, 6.07) is 0. The van der Waals surface area contributed by atoms with Crippen LogP contribution in [0.5, 0.6) is 0 Å². The van der Waals surface area contributed by atoms with Crippen LogP contribution in [-0.2, 0) is 9.47 Å². The van der Waals surface area contributed by atoms with Crippen LogP contribution in [0.4, 0.5) is 46.5 Å². The van der Waals surface area contributed by atoms with E-state index in [1.807, 2.05) is 0 Å². The van der Waals surface area contributed by atoms with Crippen LogP contribution in [0.1, 0.15) is 46.4 Å². The molecular weight excluding hydrogens is 484 g/mol. The van der Waals surface area contributed by atoms with Gasteiger partial charge in [0.25, 0.3) is 0 Å². The molecule has 2 aromatic carbocycles. The van der Waals surface area contributed by atoms with E-state index in [-0.39, 0.29) is 25.7 Å². The molecule has 0 aliphatic heterocycles. The average Bonchev–Trinajstić information content (AvgIpc) is 2.79. The highest BCUT2D eigenvalue weighted by atomic mass is 19.2. The number of esters is 2. The Morgan fingerprint density at radius 3 is 1.18 bits per heavy atom. The van der Waals surface area contributed by atoms with Crippen molar-refractivity contribution in [2.75, 3.05) is 11.5 Å². The summed E-state index contributed by atoms with van der Waals surface area (Å²) in [5.74, 6) is -19.9. The maximum absolute atomic E-state index is 13.9. The van der Waals surface area contributed by atoms with Gasteiger partial charge in [-0.15, -0.1) is 0 Å². The number of benzene rings is 2. The second-order valence-electron chi connectivity index (χ2n) is 7.31. The molecule has 0 amide bonds. The molecule has 3 rings (SSSR count). The topological polar surface area (TPSA) is 105 Å². The molecule has 0 heterocycles. The van der Waals surface area contributed by atoms with Crippen LogP contribution in [0.25, 0.3) is 0 Å². The maximum atomic E-state index is 13.9. The van der Waals surface area contributed by atoms with E-state index in [0.717, 1.165) is 0 Å². The highest BCUT2D eigenvalue weighted by Gasteiger charge is 2.35. The second kappa shape index (κ2) is 9.35. The molecule has 34 heavy (non-hydrogen) atoms. The van der Waals surface area contributed by atoms with Crippen molar-refractivity contribution in [3.63, 3.8) is 0 Å². The predicted molar refractivity (Wildman–Crippen MR) is 98.2 cm³/mol. The van der Waals surface area contributed by atoms with Gasteiger partial charge >= 0.3 is 11.9 Å². The third kappa shape index (κ3) is 4.31. The van der Waals surface area contributed by atoms with E-state index in [0.29, 0.717) is 0 Å². The smallest absolute Gasteiger partial charge is 0.344 e. The van der Waals surface area contributed by atoms with Gasteiger partial charge in [0, 0.05) is 6.42 Å². The molecule has 1 aliphatic carbocycles. The van der Waals surface area contributed by atoms with Crippen molar-refractivity contribution in [2.45, 2.75) is 37.9 Å². The maximum Gasteiger partial charge on any atom is 0.344 e. The number of hydrogen-bond acceptors (Lipinski definition) is 6. The SMILES string of the molecule is Nc1c(F)c(F)c(C(=O)OC2CCCC(OC(=O)c3c(F)c(F)c(N)c(F)c3F)C2)c(F)c1F. The van der Waals surface area contributed by atoms with Crippen LogP contribution in [0.3, 0.4) is 0 Å². The fourth-order valence-electron chi connectivity index (χ4n) is 3.39. The summed E-state index contributed by atoms with van der Waals surface area (Å²) >= 11 is 0. The first-order chi connectivity index (χ1) is 15.9. The number of hydrogen-bond donors (Lipinski definition) is 2. The fraction of sp³-hybridized carbons (Fsp3) is 0.300. The summed E-state index contributed by atoms with van der Waals surface area (Å²) in [7, 11) is 0. The van der Waals surface area contributed by atoms with Gasteiger partial charge in [0.2, 0.25) is 0 Å². The number of anilines is 2. The van der Waals surface area contributed by atoms with Crippen LogP contribution < -0.4 is 11.5 Å². The quantitative estimate of drug-likeness (QED) is 0.282. The Kier molecular flexibility index (Phi) is 6.89. The zero-order valence-electron chi connectivity index (χ0n) is 16.8. The summed E-state index contributed by atoms with van der Waals surface area (Å²) in [5.41, 5.74) is 3.40. The van der Waals surface area contributed by atoms with Gasteiger partial charge in [-0.25, -0.2) is 44.7 Å². The van der Waals surface area contributed by atoms with Crippen LogP contribution in [0, 0.1) is 46.5 Å². The minimum Gasteiger partial charge on any atom is -0.458 e. The molecule has 184 valence electrons. The van der Waals surface area contributed by atoms with Crippen molar-refractivity contribution in [3.8, 4) is 0 Å². The van der Waals surface area contributed by atoms with E-state index in [4.69, 9.17) is 20.9 Å². The van der Waals surface area contributed by atoms with Crippen molar-refractivity contribution in [1.29, 1.82) is 0 Å². The van der Waals surface area contributed by atoms with Crippen molar-refractivity contribution in [3.05, 3.63) is 57.7 Å². The zero-order chi connectivity index (χ0) is 25.5. The number of halogens is 8. The van der Waals surface area contributed by atoms with Gasteiger partial charge < -0.3 is 20.9 Å². The van der Waals surface area contributed by atoms with E-state index in [2.05, 4.69) is 0 Å². The number of nitrogen functional groups attached to an aromatic ring is 2. The number of rotatable bonds is 4. The number of ether oxygens (including phenoxy) is 2. The van der Waals surface area contributed by atoms with Crippen molar-refractivity contribution < 1.29 is 54.2 Å². The van der Waals surface area contributed by atoms with E-state index in [1.54, 1.807) is 0 Å². The lowest BCUT2D eigenvalue weighted by Gasteiger charge is -2.29. The van der Waals surface area contributed by atoms with E-state index >= 15 is 0 Å². The molecule has 1 aliphatic rings. The zero-order valence-corrected chi connectivity index (χ0v) is 16.8. The summed E-state index contributed by atoms with van der Waals surface area (Å²) in [6.45, 7) is 0. The predicted octanol–water partition coefficient (Wildman–Crippen LogP) is 4.29. The molecular formula is C20H14F8N2O4. The third-order valence-corrected chi connectivity index (χ3v) is 5.13. The van der Waals surface area contributed by atoms with Gasteiger partial charge in [-0.1, -0.05) is 0 Å². The summed E-state index contributed by atoms with van der Waals surface area (Å²) in [6.07, 6.45) is -2.54. The minimum absolute atomic E-state index is 0.0524. The van der Waals surface area contributed by atoms with Crippen molar-refractivity contribution >= 4 is 23.3 Å². The molecule has 1 fully saturated rings. The molecule has 4 N–H and O–H groups in total. The molecule has 0 radical (unpaired) electrons. The van der Waals surface area contributed by atoms with Gasteiger partial charge in [0.1, 0.15) is 34.7 Å². The van der Waals surface area contributed by atoms with Gasteiger partial charge in [0.15, 0.2) is 46.5 Å². The molecule has 2 atom stereocenters. The number of nitrogens with two attached hydrogens (primary N) is 2. The lowest BCUT2D eigenvalue weighted by molar-refractivity contribution is -0.0187. The molecule has 0 spiro atoms. The Hall–Kier alpha value is -3.58. The lowest BCUT2D eigenvalue weighted by Crippen LogP contribution is -2.32. The van der Waals surface area contributed by atoms with Crippen LogP contribution >= 0.6 is 0 Å². The van der Waals surface area contributed by atoms with Gasteiger partial charge in [-0.3, -0.25) is 0 Å². The van der Waals surface area contributed by atoms with E-state index < -0.39 is 93.2 Å². The molecule has 0 saturated heterocycles. The van der Waals surface area contributed by atoms with Crippen molar-refractivity contribution in [2.24, 2.45) is 0 Å². The molecule has 2 aromatic rings. The van der Waals surface area contributed by atoms with Gasteiger partial charge in [0.05, 0.1) is 0 Å². The van der Waals surface area contributed by atoms with Crippen LogP contribution in [0.2, 0.25) is 0 Å².